The third-order valence-electron chi connectivity index (χ3n) is 4.30. The van der Waals surface area contributed by atoms with Gasteiger partial charge in [0.2, 0.25) is 5.91 Å². The predicted octanol–water partition coefficient (Wildman–Crippen LogP) is 4.82. The third kappa shape index (κ3) is 12.3. The van der Waals surface area contributed by atoms with Gasteiger partial charge in [0.25, 0.3) is 0 Å². The maximum Gasteiger partial charge on any atom is 0.250 e. The monoisotopic (exact) mass is 406 g/mol. The maximum atomic E-state index is 11.8. The Morgan fingerprint density at radius 1 is 1.10 bits per heavy atom. The molecule has 0 aromatic heterocycles. The van der Waals surface area contributed by atoms with Gasteiger partial charge in [0.05, 0.1) is 18.9 Å². The molecule has 164 valence electrons. The summed E-state index contributed by atoms with van der Waals surface area (Å²) in [5.41, 5.74) is 1.60. The van der Waals surface area contributed by atoms with Crippen molar-refractivity contribution in [1.82, 2.24) is 0 Å². The van der Waals surface area contributed by atoms with Crippen LogP contribution in [0.3, 0.4) is 0 Å². The van der Waals surface area contributed by atoms with Crippen LogP contribution in [0.2, 0.25) is 0 Å². The molecule has 6 heteroatoms. The highest BCUT2D eigenvalue weighted by atomic mass is 16.7. The number of rotatable bonds is 16. The minimum Gasteiger partial charge on any atom is -0.382 e. The fourth-order valence-electron chi connectivity index (χ4n) is 2.81. The first-order chi connectivity index (χ1) is 14.1. The molecule has 1 aromatic rings. The molecule has 0 aliphatic rings. The zero-order chi connectivity index (χ0) is 21.3. The van der Waals surface area contributed by atoms with E-state index in [1.54, 1.807) is 7.11 Å². The van der Waals surface area contributed by atoms with Gasteiger partial charge in [-0.05, 0) is 43.4 Å². The molecule has 1 amide bonds. The molecule has 1 rings (SSSR count). The summed E-state index contributed by atoms with van der Waals surface area (Å²) in [6, 6.07) is 7.61. The van der Waals surface area contributed by atoms with E-state index in [-0.39, 0.29) is 12.5 Å². The van der Waals surface area contributed by atoms with E-state index in [2.05, 4.69) is 31.3 Å². The van der Waals surface area contributed by atoms with E-state index >= 15 is 0 Å². The maximum absolute atomic E-state index is 11.8. The third-order valence-corrected chi connectivity index (χ3v) is 4.30. The largest absolute Gasteiger partial charge is 0.382 e. The number of nitrogens with zero attached hydrogens (tertiary/aromatic N) is 1. The predicted molar refractivity (Wildman–Crippen MR) is 119 cm³/mol. The fraction of sp³-hybridized carbons (Fsp3) is 0.609. The van der Waals surface area contributed by atoms with Crippen molar-refractivity contribution in [3.8, 4) is 0 Å². The van der Waals surface area contributed by atoms with Crippen LogP contribution in [0.5, 0.6) is 0 Å². The molecule has 1 aromatic carbocycles. The van der Waals surface area contributed by atoms with Crippen LogP contribution in [0, 0.1) is 5.92 Å². The average molecular weight is 407 g/mol. The summed E-state index contributed by atoms with van der Waals surface area (Å²) in [4.78, 5) is 17.6. The quantitative estimate of drug-likeness (QED) is 0.242. The number of ether oxygens (including phenoxy) is 2. The molecule has 0 heterocycles. The van der Waals surface area contributed by atoms with Gasteiger partial charge < -0.3 is 14.8 Å². The molecule has 1 N–H and O–H groups in total. The number of nitrogens with one attached hydrogen (secondary N) is 1. The number of benzene rings is 1. The Morgan fingerprint density at radius 2 is 1.90 bits per heavy atom. The summed E-state index contributed by atoms with van der Waals surface area (Å²) in [5, 5.41) is 4.68. The van der Waals surface area contributed by atoms with Crippen LogP contribution in [-0.2, 0) is 19.1 Å². The average Bonchev–Trinajstić information content (AvgIpc) is 2.68. The number of anilines is 2. The summed E-state index contributed by atoms with van der Waals surface area (Å²) in [6.45, 7) is 6.28. The molecular weight excluding hydrogens is 368 g/mol. The van der Waals surface area contributed by atoms with Crippen molar-refractivity contribution in [2.75, 3.05) is 51.0 Å². The standard InChI is InChI=1S/C23H38N2O4/c1-20(2)12-9-7-5-6-8-10-15-25(29-17-16-27-3)22-14-11-13-21(18-22)24-23(26)19-28-4/h6,8,11,13-14,18,20H,5,7,9-10,12,15-17,19H2,1-4H3,(H,24,26). The van der Waals surface area contributed by atoms with Crippen LogP contribution >= 0.6 is 0 Å². The van der Waals surface area contributed by atoms with Crippen molar-refractivity contribution in [1.29, 1.82) is 0 Å². The summed E-state index contributed by atoms with van der Waals surface area (Å²) >= 11 is 0. The van der Waals surface area contributed by atoms with Gasteiger partial charge in [-0.2, -0.15) is 0 Å². The van der Waals surface area contributed by atoms with E-state index in [1.165, 1.54) is 26.4 Å². The summed E-state index contributed by atoms with van der Waals surface area (Å²) < 4.78 is 9.95. The van der Waals surface area contributed by atoms with E-state index in [0.717, 1.165) is 31.0 Å². The van der Waals surface area contributed by atoms with Crippen molar-refractivity contribution >= 4 is 17.3 Å². The molecule has 0 aliphatic heterocycles. The summed E-state index contributed by atoms with van der Waals surface area (Å²) in [7, 11) is 3.15. The van der Waals surface area contributed by atoms with E-state index in [4.69, 9.17) is 14.3 Å². The second-order valence-corrected chi connectivity index (χ2v) is 7.40. The lowest BCUT2D eigenvalue weighted by Gasteiger charge is -2.24. The Bertz CT molecular complexity index is 590. The van der Waals surface area contributed by atoms with Crippen LogP contribution in [0.4, 0.5) is 11.4 Å². The second-order valence-electron chi connectivity index (χ2n) is 7.40. The highest BCUT2D eigenvalue weighted by Crippen LogP contribution is 2.20. The van der Waals surface area contributed by atoms with Crippen molar-refractivity contribution in [3.05, 3.63) is 36.4 Å². The number of carbonyl (C=O) groups excluding carboxylic acids is 1. The summed E-state index contributed by atoms with van der Waals surface area (Å²) in [6.07, 6.45) is 10.3. The van der Waals surface area contributed by atoms with Crippen molar-refractivity contribution in [3.63, 3.8) is 0 Å². The van der Waals surface area contributed by atoms with Crippen molar-refractivity contribution in [2.24, 2.45) is 5.92 Å². The van der Waals surface area contributed by atoms with E-state index < -0.39 is 0 Å². The molecule has 0 aliphatic carbocycles. The zero-order valence-corrected chi connectivity index (χ0v) is 18.5. The number of hydrogen-bond acceptors (Lipinski definition) is 5. The first-order valence-corrected chi connectivity index (χ1v) is 10.5. The number of allylic oxidation sites excluding steroid dienone is 1. The minimum absolute atomic E-state index is 0.0280. The lowest BCUT2D eigenvalue weighted by atomic mass is 10.1. The van der Waals surface area contributed by atoms with Crippen LogP contribution in [-0.4, -0.2) is 46.5 Å². The molecular formula is C23H38N2O4. The van der Waals surface area contributed by atoms with Gasteiger partial charge in [-0.25, -0.2) is 0 Å². The second kappa shape index (κ2) is 16.0. The SMILES string of the molecule is COCCON(CCC=CCCCCC(C)C)c1cccc(NC(=O)COC)c1. The number of methoxy groups -OCH3 is 2. The lowest BCUT2D eigenvalue weighted by Crippen LogP contribution is -2.26. The van der Waals surface area contributed by atoms with E-state index in [1.807, 2.05) is 29.3 Å². The molecule has 0 radical (unpaired) electrons. The molecule has 0 saturated carbocycles. The van der Waals surface area contributed by atoms with Gasteiger partial charge in [-0.1, -0.05) is 44.9 Å². The van der Waals surface area contributed by atoms with Crippen LogP contribution < -0.4 is 10.4 Å². The minimum atomic E-state index is -0.183. The zero-order valence-electron chi connectivity index (χ0n) is 18.5. The van der Waals surface area contributed by atoms with Crippen LogP contribution in [0.1, 0.15) is 46.0 Å². The first-order valence-electron chi connectivity index (χ1n) is 10.5. The topological polar surface area (TPSA) is 60.0 Å². The van der Waals surface area contributed by atoms with Crippen molar-refractivity contribution < 1.29 is 19.1 Å². The smallest absolute Gasteiger partial charge is 0.250 e. The lowest BCUT2D eigenvalue weighted by molar-refractivity contribution is -0.119. The normalized spacial score (nSPS) is 11.3. The van der Waals surface area contributed by atoms with Gasteiger partial charge in [0.1, 0.15) is 6.61 Å². The van der Waals surface area contributed by atoms with Gasteiger partial charge in [-0.3, -0.25) is 14.7 Å². The van der Waals surface area contributed by atoms with E-state index in [9.17, 15) is 4.79 Å². The Kier molecular flexibility index (Phi) is 13.8. The Balaban J connectivity index is 2.57. The van der Waals surface area contributed by atoms with Gasteiger partial charge >= 0.3 is 0 Å². The molecule has 0 unspecified atom stereocenters. The number of unbranched alkanes of at least 4 members (excludes halogenated alkanes) is 2. The number of carbonyl (C=O) groups is 1. The van der Waals surface area contributed by atoms with Crippen LogP contribution in [0.25, 0.3) is 0 Å². The highest BCUT2D eigenvalue weighted by molar-refractivity contribution is 5.92. The number of hydrogen-bond donors (Lipinski definition) is 1. The van der Waals surface area contributed by atoms with E-state index in [0.29, 0.717) is 18.9 Å². The number of amides is 1. The first kappa shape index (κ1) is 25.1. The Morgan fingerprint density at radius 3 is 2.62 bits per heavy atom. The highest BCUT2D eigenvalue weighted by Gasteiger charge is 2.09. The molecule has 0 fully saturated rings. The van der Waals surface area contributed by atoms with Gasteiger partial charge in [-0.15, -0.1) is 0 Å². The molecule has 0 atom stereocenters. The molecule has 29 heavy (non-hydrogen) atoms. The molecule has 6 nitrogen and oxygen atoms in total. The summed E-state index contributed by atoms with van der Waals surface area (Å²) in [5.74, 6) is 0.601. The van der Waals surface area contributed by atoms with Gasteiger partial charge in [0.15, 0.2) is 0 Å². The molecule has 0 bridgehead atoms. The molecule has 0 spiro atoms. The Labute approximate surface area is 176 Å². The fourth-order valence-corrected chi connectivity index (χ4v) is 2.81. The van der Waals surface area contributed by atoms with Crippen molar-refractivity contribution in [2.45, 2.75) is 46.0 Å². The van der Waals surface area contributed by atoms with Gasteiger partial charge in [0, 0.05) is 26.5 Å². The Hall–Kier alpha value is -1.89. The van der Waals surface area contributed by atoms with Crippen LogP contribution in [0.15, 0.2) is 36.4 Å². The molecule has 0 saturated heterocycles. The number of hydroxylamine groups is 1.